The summed E-state index contributed by atoms with van der Waals surface area (Å²) in [5.74, 6) is 1.35. The SMILES string of the molecule is C[C@H]1CN(C(c2ccc(F)cc2)c2nc(C3CC3)no2)[C@@H](C)CN1C(=O)OC(C)(C)C. The monoisotopic (exact) mass is 430 g/mol. The van der Waals surface area contributed by atoms with E-state index in [4.69, 9.17) is 14.2 Å². The Hall–Kier alpha value is -2.48. The van der Waals surface area contributed by atoms with Crippen molar-refractivity contribution in [3.8, 4) is 0 Å². The molecule has 4 rings (SSSR count). The van der Waals surface area contributed by atoms with Crippen LogP contribution in [0.5, 0.6) is 0 Å². The molecule has 0 radical (unpaired) electrons. The highest BCUT2D eigenvalue weighted by atomic mass is 19.1. The summed E-state index contributed by atoms with van der Waals surface area (Å²) in [6.07, 6.45) is 1.86. The highest BCUT2D eigenvalue weighted by Gasteiger charge is 2.40. The third-order valence-electron chi connectivity index (χ3n) is 5.81. The average Bonchev–Trinajstić information content (AvgIpc) is 3.43. The third kappa shape index (κ3) is 4.89. The van der Waals surface area contributed by atoms with Crippen molar-refractivity contribution in [2.24, 2.45) is 0 Å². The molecule has 31 heavy (non-hydrogen) atoms. The summed E-state index contributed by atoms with van der Waals surface area (Å²) in [6.45, 7) is 10.8. The molecule has 1 aliphatic carbocycles. The minimum atomic E-state index is -0.545. The summed E-state index contributed by atoms with van der Waals surface area (Å²) in [6, 6.07) is 6.06. The summed E-state index contributed by atoms with van der Waals surface area (Å²) >= 11 is 0. The topological polar surface area (TPSA) is 71.7 Å². The maximum Gasteiger partial charge on any atom is 0.410 e. The van der Waals surface area contributed by atoms with Gasteiger partial charge in [0.05, 0.1) is 0 Å². The number of piperazine rings is 1. The molecular formula is C23H31FN4O3. The van der Waals surface area contributed by atoms with Gasteiger partial charge in [0.2, 0.25) is 5.89 Å². The van der Waals surface area contributed by atoms with Crippen LogP contribution < -0.4 is 0 Å². The number of hydrogen-bond donors (Lipinski definition) is 0. The normalized spacial score (nSPS) is 23.6. The summed E-state index contributed by atoms with van der Waals surface area (Å²) in [5.41, 5.74) is 0.341. The van der Waals surface area contributed by atoms with Crippen molar-refractivity contribution in [2.75, 3.05) is 13.1 Å². The molecule has 7 nitrogen and oxygen atoms in total. The van der Waals surface area contributed by atoms with Crippen molar-refractivity contribution >= 4 is 6.09 Å². The number of aromatic nitrogens is 2. The molecule has 2 fully saturated rings. The van der Waals surface area contributed by atoms with E-state index in [2.05, 4.69) is 17.0 Å². The first kappa shape index (κ1) is 21.7. The third-order valence-corrected chi connectivity index (χ3v) is 5.81. The van der Waals surface area contributed by atoms with Crippen LogP contribution in [0, 0.1) is 5.82 Å². The predicted molar refractivity (Wildman–Crippen MR) is 113 cm³/mol. The number of amides is 1. The molecule has 0 N–H and O–H groups in total. The van der Waals surface area contributed by atoms with Crippen LogP contribution in [0.4, 0.5) is 9.18 Å². The van der Waals surface area contributed by atoms with Crippen molar-refractivity contribution in [2.45, 2.75) is 77.1 Å². The van der Waals surface area contributed by atoms with E-state index in [1.165, 1.54) is 12.1 Å². The number of ether oxygens (including phenoxy) is 1. The summed E-state index contributed by atoms with van der Waals surface area (Å²) in [4.78, 5) is 21.4. The van der Waals surface area contributed by atoms with E-state index in [0.29, 0.717) is 24.9 Å². The van der Waals surface area contributed by atoms with Gasteiger partial charge in [0.1, 0.15) is 17.5 Å². The van der Waals surface area contributed by atoms with Crippen LogP contribution in [0.25, 0.3) is 0 Å². The lowest BCUT2D eigenvalue weighted by Crippen LogP contribution is -2.59. The standard InChI is InChI=1S/C23H31FN4O3/c1-14-13-28(22(29)30-23(3,4)5)15(2)12-27(14)19(16-8-10-18(24)11-9-16)21-25-20(26-31-21)17-6-7-17/h8-11,14-15,17,19H,6-7,12-13H2,1-5H3/t14-,15-,19?/m0/s1. The maximum atomic E-state index is 13.6. The number of rotatable bonds is 4. The van der Waals surface area contributed by atoms with Crippen LogP contribution in [0.2, 0.25) is 0 Å². The largest absolute Gasteiger partial charge is 0.444 e. The number of hydrogen-bond acceptors (Lipinski definition) is 6. The van der Waals surface area contributed by atoms with E-state index < -0.39 is 5.60 Å². The lowest BCUT2D eigenvalue weighted by atomic mass is 9.99. The molecule has 2 aliphatic rings. The summed E-state index contributed by atoms with van der Waals surface area (Å²) in [7, 11) is 0. The van der Waals surface area contributed by atoms with Crippen LogP contribution in [0.15, 0.2) is 28.8 Å². The second-order valence-electron chi connectivity index (χ2n) is 9.75. The molecule has 168 valence electrons. The van der Waals surface area contributed by atoms with Crippen LogP contribution in [0.1, 0.15) is 76.7 Å². The lowest BCUT2D eigenvalue weighted by Gasteiger charge is -2.46. The van der Waals surface area contributed by atoms with Gasteiger partial charge in [0.25, 0.3) is 0 Å². The minimum absolute atomic E-state index is 0.00930. The molecular weight excluding hydrogens is 399 g/mol. The van der Waals surface area contributed by atoms with Crippen molar-refractivity contribution in [1.82, 2.24) is 19.9 Å². The first-order valence-corrected chi connectivity index (χ1v) is 11.0. The van der Waals surface area contributed by atoms with Gasteiger partial charge in [0.15, 0.2) is 5.82 Å². The first-order chi connectivity index (χ1) is 14.6. The van der Waals surface area contributed by atoms with Crippen LogP contribution >= 0.6 is 0 Å². The van der Waals surface area contributed by atoms with Gasteiger partial charge in [-0.2, -0.15) is 4.98 Å². The fourth-order valence-electron chi connectivity index (χ4n) is 4.07. The van der Waals surface area contributed by atoms with Crippen molar-refractivity contribution in [3.63, 3.8) is 0 Å². The van der Waals surface area contributed by atoms with Crippen molar-refractivity contribution in [1.29, 1.82) is 0 Å². The van der Waals surface area contributed by atoms with E-state index in [9.17, 15) is 9.18 Å². The summed E-state index contributed by atoms with van der Waals surface area (Å²) in [5, 5.41) is 4.19. The van der Waals surface area contributed by atoms with Gasteiger partial charge in [-0.25, -0.2) is 9.18 Å². The molecule has 2 aromatic rings. The fraction of sp³-hybridized carbons (Fsp3) is 0.609. The number of carbonyl (C=O) groups excluding carboxylic acids is 1. The Kier molecular flexibility index (Phi) is 5.77. The van der Waals surface area contributed by atoms with E-state index in [1.807, 2.05) is 27.7 Å². The molecule has 0 spiro atoms. The second-order valence-corrected chi connectivity index (χ2v) is 9.75. The molecule has 8 heteroatoms. The zero-order valence-electron chi connectivity index (χ0n) is 18.8. The molecule has 1 aliphatic heterocycles. The van der Waals surface area contributed by atoms with Gasteiger partial charge in [-0.15, -0.1) is 0 Å². The molecule has 0 bridgehead atoms. The van der Waals surface area contributed by atoms with E-state index in [-0.39, 0.29) is 30.0 Å². The fourth-order valence-corrected chi connectivity index (χ4v) is 4.07. The number of benzene rings is 1. The Bertz CT molecular complexity index is 920. The summed E-state index contributed by atoms with van der Waals surface area (Å²) < 4.78 is 24.9. The van der Waals surface area contributed by atoms with E-state index in [0.717, 1.165) is 24.2 Å². The van der Waals surface area contributed by atoms with Gasteiger partial charge in [0, 0.05) is 31.1 Å². The zero-order valence-corrected chi connectivity index (χ0v) is 18.8. The molecule has 2 heterocycles. The Morgan fingerprint density at radius 3 is 2.45 bits per heavy atom. The molecule has 1 amide bonds. The highest BCUT2D eigenvalue weighted by Crippen LogP contribution is 2.40. The minimum Gasteiger partial charge on any atom is -0.444 e. The lowest BCUT2D eigenvalue weighted by molar-refractivity contribution is -0.0189. The van der Waals surface area contributed by atoms with Gasteiger partial charge >= 0.3 is 6.09 Å². The Labute approximate surface area is 182 Å². The smallest absolute Gasteiger partial charge is 0.410 e. The van der Waals surface area contributed by atoms with Gasteiger partial charge in [-0.3, -0.25) is 4.90 Å². The second kappa shape index (κ2) is 8.22. The van der Waals surface area contributed by atoms with E-state index >= 15 is 0 Å². The molecule has 1 aromatic heterocycles. The molecule has 1 saturated carbocycles. The first-order valence-electron chi connectivity index (χ1n) is 11.0. The highest BCUT2D eigenvalue weighted by molar-refractivity contribution is 5.68. The number of nitrogens with zero attached hydrogens (tertiary/aromatic N) is 4. The Morgan fingerprint density at radius 1 is 1.16 bits per heavy atom. The zero-order chi connectivity index (χ0) is 22.3. The van der Waals surface area contributed by atoms with Crippen LogP contribution in [-0.2, 0) is 4.74 Å². The van der Waals surface area contributed by atoms with Crippen LogP contribution in [0.3, 0.4) is 0 Å². The van der Waals surface area contributed by atoms with Crippen molar-refractivity contribution in [3.05, 3.63) is 47.4 Å². The number of halogens is 1. The average molecular weight is 431 g/mol. The maximum absolute atomic E-state index is 13.6. The molecule has 1 unspecified atom stereocenters. The van der Waals surface area contributed by atoms with E-state index in [1.54, 1.807) is 17.0 Å². The van der Waals surface area contributed by atoms with Gasteiger partial charge in [-0.1, -0.05) is 17.3 Å². The number of carbonyl (C=O) groups is 1. The van der Waals surface area contributed by atoms with Gasteiger partial charge < -0.3 is 14.2 Å². The van der Waals surface area contributed by atoms with Crippen LogP contribution in [-0.4, -0.2) is 56.8 Å². The quantitative estimate of drug-likeness (QED) is 0.711. The Morgan fingerprint density at radius 2 is 1.84 bits per heavy atom. The molecule has 3 atom stereocenters. The molecule has 1 aromatic carbocycles. The Balaban J connectivity index is 1.60. The van der Waals surface area contributed by atoms with Crippen molar-refractivity contribution < 1.29 is 18.4 Å². The predicted octanol–water partition coefficient (Wildman–Crippen LogP) is 4.51. The molecule has 1 saturated heterocycles. The van der Waals surface area contributed by atoms with Gasteiger partial charge in [-0.05, 0) is 65.2 Å².